The van der Waals surface area contributed by atoms with Gasteiger partial charge in [-0.15, -0.1) is 0 Å². The Morgan fingerprint density at radius 2 is 1.80 bits per heavy atom. The van der Waals surface area contributed by atoms with Crippen LogP contribution in [0.25, 0.3) is 22.4 Å². The predicted molar refractivity (Wildman–Crippen MR) is 72.4 cm³/mol. The summed E-state index contributed by atoms with van der Waals surface area (Å²) in [6.07, 6.45) is 0. The number of fused-ring (bicyclic) bond motifs is 1. The number of rotatable bonds is 2. The fourth-order valence-corrected chi connectivity index (χ4v) is 2.32. The maximum atomic E-state index is 13.3. The summed E-state index contributed by atoms with van der Waals surface area (Å²) in [7, 11) is 0. The molecule has 0 spiro atoms. The number of benzene rings is 2. The minimum Gasteiger partial charge on any atom is -0.507 e. The number of nitrogens with zero attached hydrogens (tertiary/aromatic N) is 2. The van der Waals surface area contributed by atoms with E-state index >= 15 is 0 Å². The van der Waals surface area contributed by atoms with E-state index in [-0.39, 0.29) is 11.6 Å². The van der Waals surface area contributed by atoms with Crippen LogP contribution in [0, 0.1) is 11.6 Å². The van der Waals surface area contributed by atoms with Crippen LogP contribution in [-0.4, -0.2) is 14.7 Å². The first-order valence-electron chi connectivity index (χ1n) is 6.25. The van der Waals surface area contributed by atoms with Crippen LogP contribution in [0.4, 0.5) is 8.78 Å². The quantitative estimate of drug-likeness (QED) is 0.773. The number of aromatic nitrogens is 2. The topological polar surface area (TPSA) is 38.0 Å². The summed E-state index contributed by atoms with van der Waals surface area (Å²) < 4.78 is 28.2. The van der Waals surface area contributed by atoms with E-state index in [4.69, 9.17) is 0 Å². The second-order valence-electron chi connectivity index (χ2n) is 4.47. The summed E-state index contributed by atoms with van der Waals surface area (Å²) in [5.74, 6) is -0.578. The van der Waals surface area contributed by atoms with Crippen LogP contribution in [0.3, 0.4) is 0 Å². The van der Waals surface area contributed by atoms with Crippen LogP contribution in [-0.2, 0) is 6.54 Å². The van der Waals surface area contributed by atoms with Gasteiger partial charge in [0.15, 0.2) is 0 Å². The highest BCUT2D eigenvalue weighted by Gasteiger charge is 2.15. The zero-order chi connectivity index (χ0) is 14.3. The molecule has 0 unspecified atom stereocenters. The van der Waals surface area contributed by atoms with Crippen molar-refractivity contribution in [3.8, 4) is 17.1 Å². The Bertz CT molecular complexity index is 796. The average molecular weight is 274 g/mol. The zero-order valence-corrected chi connectivity index (χ0v) is 10.8. The van der Waals surface area contributed by atoms with E-state index in [1.54, 1.807) is 6.07 Å². The first-order chi connectivity index (χ1) is 9.60. The van der Waals surface area contributed by atoms with Gasteiger partial charge in [-0.3, -0.25) is 0 Å². The first kappa shape index (κ1) is 12.6. The molecule has 1 aromatic heterocycles. The van der Waals surface area contributed by atoms with E-state index in [1.807, 2.05) is 11.5 Å². The summed E-state index contributed by atoms with van der Waals surface area (Å²) >= 11 is 0. The lowest BCUT2D eigenvalue weighted by Gasteiger charge is -2.07. The van der Waals surface area contributed by atoms with Gasteiger partial charge in [-0.05, 0) is 31.2 Å². The second kappa shape index (κ2) is 4.59. The van der Waals surface area contributed by atoms with Crippen molar-refractivity contribution >= 4 is 11.0 Å². The van der Waals surface area contributed by atoms with Crippen LogP contribution in [0.1, 0.15) is 6.92 Å². The fraction of sp³-hybridized carbons (Fsp3) is 0.133. The van der Waals surface area contributed by atoms with E-state index in [2.05, 4.69) is 4.98 Å². The molecule has 1 N–H and O–H groups in total. The van der Waals surface area contributed by atoms with E-state index in [0.29, 0.717) is 23.4 Å². The van der Waals surface area contributed by atoms with Gasteiger partial charge in [0.2, 0.25) is 0 Å². The van der Waals surface area contributed by atoms with Gasteiger partial charge < -0.3 is 9.67 Å². The fourth-order valence-electron chi connectivity index (χ4n) is 2.32. The first-order valence-corrected chi connectivity index (χ1v) is 6.25. The second-order valence-corrected chi connectivity index (χ2v) is 4.47. The maximum absolute atomic E-state index is 13.3. The molecular weight excluding hydrogens is 262 g/mol. The largest absolute Gasteiger partial charge is 0.507 e. The Hall–Kier alpha value is -2.43. The summed E-state index contributed by atoms with van der Waals surface area (Å²) in [4.78, 5) is 4.35. The van der Waals surface area contributed by atoms with Gasteiger partial charge in [0.05, 0.1) is 16.6 Å². The molecule has 0 saturated heterocycles. The van der Waals surface area contributed by atoms with Gasteiger partial charge in [-0.25, -0.2) is 13.8 Å². The molecule has 2 aromatic carbocycles. The Balaban J connectivity index is 2.30. The smallest absolute Gasteiger partial charge is 0.144 e. The molecule has 0 aliphatic rings. The molecule has 0 amide bonds. The van der Waals surface area contributed by atoms with Gasteiger partial charge >= 0.3 is 0 Å². The summed E-state index contributed by atoms with van der Waals surface area (Å²) in [5, 5.41) is 9.88. The highest BCUT2D eigenvalue weighted by molar-refractivity contribution is 5.82. The van der Waals surface area contributed by atoms with E-state index in [9.17, 15) is 13.9 Å². The molecule has 0 saturated carbocycles. The van der Waals surface area contributed by atoms with Crippen molar-refractivity contribution in [1.29, 1.82) is 0 Å². The molecule has 0 atom stereocenters. The lowest BCUT2D eigenvalue weighted by molar-refractivity contribution is 0.470. The number of halogens is 2. The Kier molecular flexibility index (Phi) is 2.89. The molecule has 5 heteroatoms. The Labute approximate surface area is 114 Å². The molecular formula is C15H12F2N2O. The number of phenolic OH excluding ortho intramolecular Hbond substituents is 1. The molecule has 3 rings (SSSR count). The Morgan fingerprint density at radius 3 is 2.50 bits per heavy atom. The lowest BCUT2D eigenvalue weighted by atomic mass is 10.2. The number of aryl methyl sites for hydroxylation is 1. The number of hydrogen-bond donors (Lipinski definition) is 1. The standard InChI is InChI=1S/C15H12F2N2O/c1-2-19-13-6-4-9(16)7-12(13)18-15(19)11-5-3-10(17)8-14(11)20/h3-8,20H,2H2,1H3. The van der Waals surface area contributed by atoms with E-state index in [1.165, 1.54) is 24.3 Å². The molecule has 0 fully saturated rings. The van der Waals surface area contributed by atoms with Gasteiger partial charge in [0.1, 0.15) is 23.2 Å². The van der Waals surface area contributed by atoms with Crippen LogP contribution in [0.2, 0.25) is 0 Å². The zero-order valence-electron chi connectivity index (χ0n) is 10.8. The van der Waals surface area contributed by atoms with Crippen molar-refractivity contribution in [2.75, 3.05) is 0 Å². The minimum absolute atomic E-state index is 0.185. The van der Waals surface area contributed by atoms with Gasteiger partial charge in [-0.2, -0.15) is 0 Å². The number of phenols is 1. The molecule has 0 radical (unpaired) electrons. The number of imidazole rings is 1. The monoisotopic (exact) mass is 274 g/mol. The third-order valence-corrected chi connectivity index (χ3v) is 3.23. The predicted octanol–water partition coefficient (Wildman–Crippen LogP) is 3.71. The van der Waals surface area contributed by atoms with Crippen LogP contribution < -0.4 is 0 Å². The minimum atomic E-state index is -0.517. The van der Waals surface area contributed by atoms with Crippen molar-refractivity contribution in [2.45, 2.75) is 13.5 Å². The average Bonchev–Trinajstić information content (AvgIpc) is 2.75. The summed E-state index contributed by atoms with van der Waals surface area (Å²) in [6.45, 7) is 2.53. The van der Waals surface area contributed by atoms with Crippen molar-refractivity contribution in [1.82, 2.24) is 9.55 Å². The van der Waals surface area contributed by atoms with Crippen LogP contribution in [0.15, 0.2) is 36.4 Å². The highest BCUT2D eigenvalue weighted by Crippen LogP contribution is 2.31. The van der Waals surface area contributed by atoms with Crippen molar-refractivity contribution < 1.29 is 13.9 Å². The molecule has 20 heavy (non-hydrogen) atoms. The van der Waals surface area contributed by atoms with E-state index in [0.717, 1.165) is 11.6 Å². The van der Waals surface area contributed by atoms with Crippen LogP contribution in [0.5, 0.6) is 5.75 Å². The van der Waals surface area contributed by atoms with Crippen molar-refractivity contribution in [3.05, 3.63) is 48.0 Å². The maximum Gasteiger partial charge on any atom is 0.144 e. The molecule has 0 bridgehead atoms. The molecule has 102 valence electrons. The van der Waals surface area contributed by atoms with Gasteiger partial charge in [-0.1, -0.05) is 0 Å². The highest BCUT2D eigenvalue weighted by atomic mass is 19.1. The van der Waals surface area contributed by atoms with Crippen LogP contribution >= 0.6 is 0 Å². The van der Waals surface area contributed by atoms with Gasteiger partial charge in [0.25, 0.3) is 0 Å². The Morgan fingerprint density at radius 1 is 1.10 bits per heavy atom. The summed E-state index contributed by atoms with van der Waals surface area (Å²) in [6, 6.07) is 8.11. The third-order valence-electron chi connectivity index (χ3n) is 3.23. The normalized spacial score (nSPS) is 11.2. The molecule has 1 heterocycles. The number of hydrogen-bond acceptors (Lipinski definition) is 2. The third kappa shape index (κ3) is 1.91. The van der Waals surface area contributed by atoms with E-state index < -0.39 is 5.82 Å². The molecule has 3 aromatic rings. The molecule has 3 nitrogen and oxygen atoms in total. The SMILES string of the molecule is CCn1c(-c2ccc(F)cc2O)nc2cc(F)ccc21. The molecule has 0 aliphatic heterocycles. The van der Waals surface area contributed by atoms with Gasteiger partial charge in [0, 0.05) is 18.7 Å². The number of aromatic hydroxyl groups is 1. The summed E-state index contributed by atoms with van der Waals surface area (Å²) in [5.41, 5.74) is 1.70. The van der Waals surface area contributed by atoms with Crippen molar-refractivity contribution in [2.24, 2.45) is 0 Å². The van der Waals surface area contributed by atoms with Crippen molar-refractivity contribution in [3.63, 3.8) is 0 Å². The molecule has 0 aliphatic carbocycles. The lowest BCUT2D eigenvalue weighted by Crippen LogP contribution is -1.97.